The first-order chi connectivity index (χ1) is 12.2. The first-order valence-electron chi connectivity index (χ1n) is 7.90. The molecule has 1 heterocycles. The van der Waals surface area contributed by atoms with Gasteiger partial charge in [-0.25, -0.2) is 4.39 Å². The van der Waals surface area contributed by atoms with E-state index < -0.39 is 5.82 Å². The summed E-state index contributed by atoms with van der Waals surface area (Å²) in [5, 5.41) is 14.0. The number of anilines is 3. The summed E-state index contributed by atoms with van der Waals surface area (Å²) in [5.41, 5.74) is 1.90. The molecule has 0 spiro atoms. The molecule has 7 heteroatoms. The zero-order valence-corrected chi connectivity index (χ0v) is 14.2. The maximum Gasteiger partial charge on any atom is 0.249 e. The van der Waals surface area contributed by atoms with Crippen LogP contribution in [0.5, 0.6) is 0 Å². The minimum Gasteiger partial charge on any atom is -0.369 e. The Balaban J connectivity index is 1.53. The Kier molecular flexibility index (Phi) is 5.74. The van der Waals surface area contributed by atoms with E-state index in [1.807, 2.05) is 18.2 Å². The van der Waals surface area contributed by atoms with Crippen LogP contribution in [0.15, 0.2) is 54.7 Å². The zero-order valence-electron chi connectivity index (χ0n) is 13.4. The predicted molar refractivity (Wildman–Crippen MR) is 97.8 cm³/mol. The van der Waals surface area contributed by atoms with Crippen molar-refractivity contribution in [3.05, 3.63) is 71.1 Å². The molecule has 2 N–H and O–H groups in total. The van der Waals surface area contributed by atoms with Crippen LogP contribution >= 0.6 is 11.6 Å². The molecular weight excluding hydrogens is 341 g/mol. The lowest BCUT2D eigenvalue weighted by Crippen LogP contribution is -2.07. The van der Waals surface area contributed by atoms with Crippen LogP contribution in [0.2, 0.25) is 5.02 Å². The van der Waals surface area contributed by atoms with Gasteiger partial charge in [-0.3, -0.25) is 0 Å². The van der Waals surface area contributed by atoms with Gasteiger partial charge in [0, 0.05) is 12.2 Å². The third-order valence-corrected chi connectivity index (χ3v) is 3.82. The molecule has 0 bridgehead atoms. The third-order valence-electron chi connectivity index (χ3n) is 3.53. The van der Waals surface area contributed by atoms with Crippen LogP contribution < -0.4 is 10.6 Å². The third kappa shape index (κ3) is 5.12. The highest BCUT2D eigenvalue weighted by molar-refractivity contribution is 6.31. The Morgan fingerprint density at radius 2 is 1.92 bits per heavy atom. The maximum atomic E-state index is 13.2. The fraction of sp³-hybridized carbons (Fsp3) is 0.167. The predicted octanol–water partition coefficient (Wildman–Crippen LogP) is 4.45. The van der Waals surface area contributed by atoms with Crippen molar-refractivity contribution >= 4 is 29.1 Å². The quantitative estimate of drug-likeness (QED) is 0.611. The normalized spacial score (nSPS) is 10.5. The van der Waals surface area contributed by atoms with Crippen LogP contribution in [-0.2, 0) is 6.42 Å². The van der Waals surface area contributed by atoms with Crippen molar-refractivity contribution in [1.29, 1.82) is 0 Å². The van der Waals surface area contributed by atoms with Gasteiger partial charge in [0.2, 0.25) is 5.95 Å². The number of aromatic nitrogens is 3. The smallest absolute Gasteiger partial charge is 0.249 e. The number of rotatable bonds is 7. The number of nitrogens with one attached hydrogen (secondary N) is 2. The summed E-state index contributed by atoms with van der Waals surface area (Å²) >= 11 is 5.76. The number of benzene rings is 2. The second-order valence-electron chi connectivity index (χ2n) is 5.44. The van der Waals surface area contributed by atoms with Crippen LogP contribution in [0.25, 0.3) is 0 Å². The van der Waals surface area contributed by atoms with Gasteiger partial charge in [-0.2, -0.15) is 10.1 Å². The number of nitrogens with zero attached hydrogens (tertiary/aromatic N) is 3. The lowest BCUT2D eigenvalue weighted by molar-refractivity contribution is 0.628. The summed E-state index contributed by atoms with van der Waals surface area (Å²) in [6, 6.07) is 14.6. The molecule has 0 amide bonds. The molecule has 0 saturated carbocycles. The van der Waals surface area contributed by atoms with Crippen molar-refractivity contribution < 1.29 is 4.39 Å². The van der Waals surface area contributed by atoms with E-state index in [1.54, 1.807) is 12.3 Å². The molecule has 0 aliphatic heterocycles. The molecule has 0 aliphatic carbocycles. The van der Waals surface area contributed by atoms with E-state index in [2.05, 4.69) is 37.9 Å². The van der Waals surface area contributed by atoms with E-state index >= 15 is 0 Å². The van der Waals surface area contributed by atoms with Crippen LogP contribution in [0.1, 0.15) is 12.0 Å². The summed E-state index contributed by atoms with van der Waals surface area (Å²) in [6.07, 6.45) is 3.53. The van der Waals surface area contributed by atoms with Gasteiger partial charge >= 0.3 is 0 Å². The first-order valence-corrected chi connectivity index (χ1v) is 8.28. The van der Waals surface area contributed by atoms with Gasteiger partial charge in [-0.15, -0.1) is 5.10 Å². The van der Waals surface area contributed by atoms with Crippen LogP contribution in [0.4, 0.5) is 21.8 Å². The summed E-state index contributed by atoms with van der Waals surface area (Å²) < 4.78 is 13.2. The minimum absolute atomic E-state index is 0.0353. The highest BCUT2D eigenvalue weighted by atomic mass is 35.5. The molecule has 3 aromatic rings. The van der Waals surface area contributed by atoms with Crippen LogP contribution in [-0.4, -0.2) is 21.7 Å². The highest BCUT2D eigenvalue weighted by Crippen LogP contribution is 2.21. The molecule has 0 saturated heterocycles. The van der Waals surface area contributed by atoms with E-state index in [0.29, 0.717) is 17.5 Å². The van der Waals surface area contributed by atoms with Crippen molar-refractivity contribution in [2.24, 2.45) is 0 Å². The highest BCUT2D eigenvalue weighted by Gasteiger charge is 2.04. The molecule has 5 nitrogen and oxygen atoms in total. The average Bonchev–Trinajstić information content (AvgIpc) is 2.63. The molecule has 2 aromatic carbocycles. The second-order valence-corrected chi connectivity index (χ2v) is 5.84. The second kappa shape index (κ2) is 8.39. The summed E-state index contributed by atoms with van der Waals surface area (Å²) in [7, 11) is 0. The number of hydrogen-bond acceptors (Lipinski definition) is 5. The van der Waals surface area contributed by atoms with Gasteiger partial charge in [0.25, 0.3) is 0 Å². The minimum atomic E-state index is -0.472. The average molecular weight is 358 g/mol. The first kappa shape index (κ1) is 17.1. The molecule has 0 radical (unpaired) electrons. The van der Waals surface area contributed by atoms with Gasteiger partial charge < -0.3 is 10.6 Å². The molecule has 128 valence electrons. The molecule has 3 rings (SSSR count). The molecular formula is C18H17ClFN5. The Hall–Kier alpha value is -2.73. The molecule has 25 heavy (non-hydrogen) atoms. The molecule has 0 unspecified atom stereocenters. The van der Waals surface area contributed by atoms with Gasteiger partial charge in [-0.1, -0.05) is 41.9 Å². The lowest BCUT2D eigenvalue weighted by atomic mass is 10.1. The van der Waals surface area contributed by atoms with Crippen molar-refractivity contribution in [1.82, 2.24) is 15.2 Å². The SMILES string of the molecule is Fc1ccc(Nc2nncc(NCCCc3ccccc3)n2)cc1Cl. The van der Waals surface area contributed by atoms with Gasteiger partial charge in [-0.05, 0) is 36.6 Å². The van der Waals surface area contributed by atoms with Crippen LogP contribution in [0.3, 0.4) is 0 Å². The number of hydrogen-bond donors (Lipinski definition) is 2. The summed E-state index contributed by atoms with van der Waals surface area (Å²) in [4.78, 5) is 4.33. The van der Waals surface area contributed by atoms with Gasteiger partial charge in [0.1, 0.15) is 5.82 Å². The van der Waals surface area contributed by atoms with E-state index in [4.69, 9.17) is 11.6 Å². The Morgan fingerprint density at radius 3 is 2.72 bits per heavy atom. The molecule has 1 aromatic heterocycles. The Labute approximate surface area is 150 Å². The number of aryl methyl sites for hydroxylation is 1. The fourth-order valence-electron chi connectivity index (χ4n) is 2.30. The van der Waals surface area contributed by atoms with Crippen molar-refractivity contribution in [2.45, 2.75) is 12.8 Å². The summed E-state index contributed by atoms with van der Waals surface area (Å²) in [5.74, 6) is 0.467. The van der Waals surface area contributed by atoms with Crippen molar-refractivity contribution in [2.75, 3.05) is 17.2 Å². The number of halogens is 2. The van der Waals surface area contributed by atoms with Gasteiger partial charge in [0.15, 0.2) is 5.82 Å². The van der Waals surface area contributed by atoms with E-state index in [1.165, 1.54) is 17.7 Å². The summed E-state index contributed by atoms with van der Waals surface area (Å²) in [6.45, 7) is 0.773. The standard InChI is InChI=1S/C18H17ClFN5/c19-15-11-14(8-9-16(15)20)23-18-24-17(12-22-25-18)21-10-4-7-13-5-2-1-3-6-13/h1-3,5-6,8-9,11-12H,4,7,10H2,(H2,21,23,24,25). The van der Waals surface area contributed by atoms with E-state index in [-0.39, 0.29) is 5.02 Å². The topological polar surface area (TPSA) is 62.7 Å². The lowest BCUT2D eigenvalue weighted by Gasteiger charge is -2.08. The molecule has 0 atom stereocenters. The molecule has 0 aliphatic rings. The van der Waals surface area contributed by atoms with E-state index in [9.17, 15) is 4.39 Å². The zero-order chi connectivity index (χ0) is 17.5. The van der Waals surface area contributed by atoms with Crippen LogP contribution in [0, 0.1) is 5.82 Å². The maximum absolute atomic E-state index is 13.2. The largest absolute Gasteiger partial charge is 0.369 e. The molecule has 0 fully saturated rings. The monoisotopic (exact) mass is 357 g/mol. The van der Waals surface area contributed by atoms with Crippen molar-refractivity contribution in [3.8, 4) is 0 Å². The van der Waals surface area contributed by atoms with E-state index in [0.717, 1.165) is 19.4 Å². The fourth-order valence-corrected chi connectivity index (χ4v) is 2.48. The van der Waals surface area contributed by atoms with Crippen molar-refractivity contribution in [3.63, 3.8) is 0 Å². The Morgan fingerprint density at radius 1 is 1.08 bits per heavy atom. The Bertz CT molecular complexity index is 829. The van der Waals surface area contributed by atoms with Gasteiger partial charge in [0.05, 0.1) is 11.2 Å².